The van der Waals surface area contributed by atoms with Crippen molar-refractivity contribution in [3.05, 3.63) is 47.4 Å². The molecular formula is C12H14N4O2. The molecule has 0 amide bonds. The Bertz CT molecular complexity index is 595. The minimum atomic E-state index is -0.0714. The van der Waals surface area contributed by atoms with E-state index in [1.807, 2.05) is 24.3 Å². The zero-order valence-electron chi connectivity index (χ0n) is 9.92. The van der Waals surface area contributed by atoms with E-state index in [-0.39, 0.29) is 5.49 Å². The molecule has 0 saturated heterocycles. The molecule has 0 saturated carbocycles. The number of ether oxygens (including phenoxy) is 1. The van der Waals surface area contributed by atoms with Crippen LogP contribution in [-0.2, 0) is 6.54 Å². The zero-order valence-corrected chi connectivity index (χ0v) is 9.92. The van der Waals surface area contributed by atoms with Gasteiger partial charge in [-0.3, -0.25) is 5.41 Å². The number of aromatic nitrogens is 2. The maximum atomic E-state index is 9.25. The third kappa shape index (κ3) is 2.60. The van der Waals surface area contributed by atoms with Crippen LogP contribution < -0.4 is 15.5 Å². The Morgan fingerprint density at radius 3 is 2.83 bits per heavy atom. The maximum Gasteiger partial charge on any atom is 0.182 e. The van der Waals surface area contributed by atoms with Crippen molar-refractivity contribution in [2.75, 3.05) is 12.4 Å². The molecule has 0 bridgehead atoms. The molecule has 6 heteroatoms. The van der Waals surface area contributed by atoms with Gasteiger partial charge in [-0.1, -0.05) is 23.0 Å². The summed E-state index contributed by atoms with van der Waals surface area (Å²) in [6.07, 6.45) is 0. The molecule has 0 aliphatic heterocycles. The Morgan fingerprint density at radius 2 is 2.11 bits per heavy atom. The Balaban J connectivity index is 2.11. The van der Waals surface area contributed by atoms with Crippen molar-refractivity contribution >= 4 is 5.82 Å². The second-order valence-corrected chi connectivity index (χ2v) is 3.66. The van der Waals surface area contributed by atoms with Gasteiger partial charge in [0.15, 0.2) is 5.49 Å². The largest absolute Gasteiger partial charge is 0.496 e. The molecular weight excluding hydrogens is 232 g/mol. The van der Waals surface area contributed by atoms with Gasteiger partial charge in [0.2, 0.25) is 0 Å². The van der Waals surface area contributed by atoms with Crippen LogP contribution in [0.4, 0.5) is 5.82 Å². The van der Waals surface area contributed by atoms with Gasteiger partial charge in [-0.2, -0.15) is 0 Å². The first-order valence-corrected chi connectivity index (χ1v) is 5.40. The number of hydrogen-bond acceptors (Lipinski definition) is 5. The number of hydrogen-bond donors (Lipinski definition) is 3. The van der Waals surface area contributed by atoms with Crippen LogP contribution >= 0.6 is 0 Å². The first kappa shape index (κ1) is 12.0. The molecule has 2 rings (SSSR count). The highest BCUT2D eigenvalue weighted by molar-refractivity contribution is 5.38. The van der Waals surface area contributed by atoms with Crippen LogP contribution in [0.2, 0.25) is 0 Å². The molecule has 6 nitrogen and oxygen atoms in total. The summed E-state index contributed by atoms with van der Waals surface area (Å²) >= 11 is 0. The Morgan fingerprint density at radius 1 is 1.33 bits per heavy atom. The van der Waals surface area contributed by atoms with Gasteiger partial charge in [0, 0.05) is 12.1 Å². The summed E-state index contributed by atoms with van der Waals surface area (Å²) in [7, 11) is 1.62. The lowest BCUT2D eigenvalue weighted by molar-refractivity contribution is 0.131. The van der Waals surface area contributed by atoms with Crippen molar-refractivity contribution in [1.29, 1.82) is 5.41 Å². The lowest BCUT2D eigenvalue weighted by Crippen LogP contribution is -2.20. The first-order chi connectivity index (χ1) is 8.70. The summed E-state index contributed by atoms with van der Waals surface area (Å²) in [5.74, 6) is 1.28. The molecule has 0 fully saturated rings. The fourth-order valence-electron chi connectivity index (χ4n) is 1.54. The van der Waals surface area contributed by atoms with E-state index in [0.717, 1.165) is 11.3 Å². The minimum absolute atomic E-state index is 0.0714. The topological polar surface area (TPSA) is 83.2 Å². The summed E-state index contributed by atoms with van der Waals surface area (Å²) in [6.45, 7) is 0.522. The monoisotopic (exact) mass is 246 g/mol. The lowest BCUT2D eigenvalue weighted by Gasteiger charge is -2.09. The summed E-state index contributed by atoms with van der Waals surface area (Å²) in [5, 5.41) is 23.4. The third-order valence-electron chi connectivity index (χ3n) is 2.47. The van der Waals surface area contributed by atoms with E-state index < -0.39 is 0 Å². The van der Waals surface area contributed by atoms with Gasteiger partial charge in [-0.15, -0.1) is 5.10 Å². The van der Waals surface area contributed by atoms with Gasteiger partial charge in [-0.05, 0) is 18.2 Å². The van der Waals surface area contributed by atoms with Crippen LogP contribution in [0.25, 0.3) is 0 Å². The smallest absolute Gasteiger partial charge is 0.182 e. The van der Waals surface area contributed by atoms with E-state index in [9.17, 15) is 5.21 Å². The highest BCUT2D eigenvalue weighted by atomic mass is 16.5. The Kier molecular flexibility index (Phi) is 3.47. The molecule has 1 heterocycles. The zero-order chi connectivity index (χ0) is 13.0. The number of methoxy groups -OCH3 is 1. The van der Waals surface area contributed by atoms with Crippen LogP contribution in [0.3, 0.4) is 0 Å². The average molecular weight is 246 g/mol. The van der Waals surface area contributed by atoms with Gasteiger partial charge >= 0.3 is 0 Å². The van der Waals surface area contributed by atoms with E-state index in [2.05, 4.69) is 10.4 Å². The van der Waals surface area contributed by atoms with E-state index in [1.54, 1.807) is 13.2 Å². The third-order valence-corrected chi connectivity index (χ3v) is 2.47. The summed E-state index contributed by atoms with van der Waals surface area (Å²) in [6, 6.07) is 10.7. The molecule has 1 aromatic heterocycles. The Labute approximate surface area is 104 Å². The quantitative estimate of drug-likeness (QED) is 0.708. The minimum Gasteiger partial charge on any atom is -0.496 e. The van der Waals surface area contributed by atoms with Crippen molar-refractivity contribution < 1.29 is 9.94 Å². The molecule has 0 unspecified atom stereocenters. The Hall–Kier alpha value is -2.50. The molecule has 1 aromatic carbocycles. The highest BCUT2D eigenvalue weighted by Crippen LogP contribution is 2.17. The summed E-state index contributed by atoms with van der Waals surface area (Å²) in [4.78, 5) is 0.518. The number of nitrogens with zero attached hydrogens (tertiary/aromatic N) is 2. The molecule has 0 aliphatic rings. The van der Waals surface area contributed by atoms with Gasteiger partial charge in [0.1, 0.15) is 11.6 Å². The molecule has 94 valence electrons. The van der Waals surface area contributed by atoms with Gasteiger partial charge < -0.3 is 15.3 Å². The van der Waals surface area contributed by atoms with E-state index in [1.165, 1.54) is 6.07 Å². The predicted octanol–water partition coefficient (Wildman–Crippen LogP) is 1.22. The van der Waals surface area contributed by atoms with Crippen molar-refractivity contribution in [3.63, 3.8) is 0 Å². The van der Waals surface area contributed by atoms with Crippen LogP contribution in [0, 0.1) is 5.41 Å². The number of anilines is 1. The fourth-order valence-corrected chi connectivity index (χ4v) is 1.54. The van der Waals surface area contributed by atoms with Gasteiger partial charge in [-0.25, -0.2) is 0 Å². The normalized spacial score (nSPS) is 10.1. The molecule has 0 aliphatic carbocycles. The molecule has 3 N–H and O–H groups in total. The van der Waals surface area contributed by atoms with Crippen molar-refractivity contribution in [1.82, 2.24) is 9.94 Å². The number of nitrogens with one attached hydrogen (secondary N) is 2. The van der Waals surface area contributed by atoms with E-state index in [4.69, 9.17) is 10.1 Å². The molecule has 0 atom stereocenters. The number of para-hydroxylation sites is 1. The molecule has 2 aromatic rings. The number of benzene rings is 1. The maximum absolute atomic E-state index is 9.25. The molecule has 0 radical (unpaired) electrons. The van der Waals surface area contributed by atoms with Gasteiger partial charge in [0.25, 0.3) is 0 Å². The highest BCUT2D eigenvalue weighted by Gasteiger charge is 2.02. The average Bonchev–Trinajstić information content (AvgIpc) is 2.40. The summed E-state index contributed by atoms with van der Waals surface area (Å²) in [5.41, 5.74) is 0.916. The standard InChI is InChI=1S/C12H14N4O2/c1-18-10-5-3-2-4-9(10)8-14-12-7-6-11(13)16(17)15-12/h2-7,13,17H,8H2,1H3,(H,14,15). The second-order valence-electron chi connectivity index (χ2n) is 3.66. The molecule has 18 heavy (non-hydrogen) atoms. The van der Waals surface area contributed by atoms with E-state index in [0.29, 0.717) is 17.2 Å². The van der Waals surface area contributed by atoms with Crippen LogP contribution in [-0.4, -0.2) is 22.3 Å². The van der Waals surface area contributed by atoms with E-state index >= 15 is 0 Å². The first-order valence-electron chi connectivity index (χ1n) is 5.40. The van der Waals surface area contributed by atoms with Gasteiger partial charge in [0.05, 0.1) is 7.11 Å². The summed E-state index contributed by atoms with van der Waals surface area (Å²) < 4.78 is 5.23. The SMILES string of the molecule is COc1ccccc1CNc1ccc(=N)n(O)n1. The molecule has 0 spiro atoms. The van der Waals surface area contributed by atoms with Crippen molar-refractivity contribution in [2.24, 2.45) is 0 Å². The second kappa shape index (κ2) is 5.22. The van der Waals surface area contributed by atoms with Crippen LogP contribution in [0.1, 0.15) is 5.56 Å². The van der Waals surface area contributed by atoms with Crippen LogP contribution in [0.5, 0.6) is 5.75 Å². The van der Waals surface area contributed by atoms with Crippen molar-refractivity contribution in [2.45, 2.75) is 6.54 Å². The lowest BCUT2D eigenvalue weighted by atomic mass is 10.2. The fraction of sp³-hybridized carbons (Fsp3) is 0.167. The number of rotatable bonds is 4. The van der Waals surface area contributed by atoms with Crippen LogP contribution in [0.15, 0.2) is 36.4 Å². The van der Waals surface area contributed by atoms with Crippen molar-refractivity contribution in [3.8, 4) is 5.75 Å². The predicted molar refractivity (Wildman–Crippen MR) is 65.6 cm³/mol.